The van der Waals surface area contributed by atoms with Gasteiger partial charge in [0.05, 0.1) is 12.6 Å². The van der Waals surface area contributed by atoms with Crippen molar-refractivity contribution in [2.24, 2.45) is 0 Å². The molecule has 0 aromatic carbocycles. The van der Waals surface area contributed by atoms with Crippen LogP contribution in [0, 0.1) is 0 Å². The largest absolute Gasteiger partial charge is 0.444 e. The van der Waals surface area contributed by atoms with E-state index in [0.717, 1.165) is 24.1 Å². The maximum absolute atomic E-state index is 12.9. The highest BCUT2D eigenvalue weighted by atomic mass is 16.6. The second kappa shape index (κ2) is 8.22. The first-order valence-corrected chi connectivity index (χ1v) is 10.5. The Morgan fingerprint density at radius 1 is 1.33 bits per heavy atom. The summed E-state index contributed by atoms with van der Waals surface area (Å²) in [6, 6.07) is 3.88. The average molecular weight is 415 g/mol. The first-order chi connectivity index (χ1) is 14.3. The van der Waals surface area contributed by atoms with Crippen LogP contribution >= 0.6 is 0 Å². The molecule has 2 aromatic rings. The zero-order valence-electron chi connectivity index (χ0n) is 17.8. The van der Waals surface area contributed by atoms with Gasteiger partial charge in [-0.1, -0.05) is 6.07 Å². The van der Waals surface area contributed by atoms with E-state index in [9.17, 15) is 9.59 Å². The fourth-order valence-electron chi connectivity index (χ4n) is 4.05. The van der Waals surface area contributed by atoms with Crippen molar-refractivity contribution in [2.75, 3.05) is 26.2 Å². The molecule has 2 fully saturated rings. The summed E-state index contributed by atoms with van der Waals surface area (Å²) in [5.74, 6) is 0.0239. The van der Waals surface area contributed by atoms with Gasteiger partial charge in [-0.15, -0.1) is 0 Å². The fourth-order valence-corrected chi connectivity index (χ4v) is 4.05. The van der Waals surface area contributed by atoms with Gasteiger partial charge in [0.25, 0.3) is 5.91 Å². The van der Waals surface area contributed by atoms with Crippen molar-refractivity contribution >= 4 is 17.6 Å². The summed E-state index contributed by atoms with van der Waals surface area (Å²) < 4.78 is 13.1. The van der Waals surface area contributed by atoms with E-state index in [1.54, 1.807) is 15.7 Å². The second-order valence-corrected chi connectivity index (χ2v) is 8.89. The van der Waals surface area contributed by atoms with Gasteiger partial charge in [0.15, 0.2) is 5.65 Å². The lowest BCUT2D eigenvalue weighted by atomic mass is 10.0. The molecule has 0 radical (unpaired) electrons. The Bertz CT molecular complexity index is 922. The third kappa shape index (κ3) is 4.40. The van der Waals surface area contributed by atoms with Crippen LogP contribution in [0.1, 0.15) is 39.2 Å². The van der Waals surface area contributed by atoms with Crippen molar-refractivity contribution in [1.82, 2.24) is 24.4 Å². The van der Waals surface area contributed by atoms with Crippen molar-refractivity contribution in [1.29, 1.82) is 0 Å². The van der Waals surface area contributed by atoms with Crippen molar-refractivity contribution in [3.63, 3.8) is 0 Å². The minimum atomic E-state index is -0.533. The summed E-state index contributed by atoms with van der Waals surface area (Å²) in [5, 5.41) is 4.16. The van der Waals surface area contributed by atoms with Gasteiger partial charge in [0.1, 0.15) is 18.0 Å². The monoisotopic (exact) mass is 415 g/mol. The van der Waals surface area contributed by atoms with Crippen LogP contribution in [0.15, 0.2) is 24.7 Å². The van der Waals surface area contributed by atoms with E-state index in [1.807, 2.05) is 44.0 Å². The van der Waals surface area contributed by atoms with E-state index in [2.05, 4.69) is 10.1 Å². The van der Waals surface area contributed by atoms with Crippen LogP contribution in [-0.2, 0) is 20.7 Å². The Labute approximate surface area is 175 Å². The van der Waals surface area contributed by atoms with E-state index >= 15 is 0 Å². The molecule has 2 unspecified atom stereocenters. The molecule has 4 heterocycles. The van der Waals surface area contributed by atoms with Crippen LogP contribution in [-0.4, -0.2) is 80.4 Å². The molecule has 2 atom stereocenters. The second-order valence-electron chi connectivity index (χ2n) is 8.89. The van der Waals surface area contributed by atoms with Gasteiger partial charge >= 0.3 is 6.09 Å². The number of aryl methyl sites for hydroxylation is 1. The number of morpholine rings is 1. The molecule has 0 bridgehead atoms. The predicted molar refractivity (Wildman–Crippen MR) is 109 cm³/mol. The van der Waals surface area contributed by atoms with Crippen molar-refractivity contribution in [3.8, 4) is 0 Å². The first-order valence-electron chi connectivity index (χ1n) is 10.5. The number of piperazine rings is 1. The number of pyridine rings is 1. The molecular weight excluding hydrogens is 386 g/mol. The van der Waals surface area contributed by atoms with Crippen LogP contribution in [0.5, 0.6) is 0 Å². The van der Waals surface area contributed by atoms with E-state index in [0.29, 0.717) is 32.7 Å². The third-order valence-electron chi connectivity index (χ3n) is 5.48. The molecule has 9 heteroatoms. The molecule has 2 amide bonds. The van der Waals surface area contributed by atoms with Gasteiger partial charge < -0.3 is 19.3 Å². The molecule has 2 aliphatic rings. The maximum Gasteiger partial charge on any atom is 0.410 e. The molecule has 2 aromatic heterocycles. The molecule has 9 nitrogen and oxygen atoms in total. The number of hydrogen-bond donors (Lipinski definition) is 0. The van der Waals surface area contributed by atoms with Crippen LogP contribution in [0.3, 0.4) is 0 Å². The van der Waals surface area contributed by atoms with Crippen LogP contribution in [0.4, 0.5) is 4.79 Å². The number of nitrogens with zero attached hydrogens (tertiary/aromatic N) is 5. The Balaban J connectivity index is 1.29. The molecule has 2 aliphatic heterocycles. The minimum absolute atomic E-state index is 0.0239. The highest BCUT2D eigenvalue weighted by Gasteiger charge is 2.40. The van der Waals surface area contributed by atoms with Gasteiger partial charge in [-0.2, -0.15) is 5.10 Å². The lowest BCUT2D eigenvalue weighted by molar-refractivity contribution is -0.164. The minimum Gasteiger partial charge on any atom is -0.444 e. The van der Waals surface area contributed by atoms with Crippen LogP contribution < -0.4 is 0 Å². The lowest BCUT2D eigenvalue weighted by Gasteiger charge is -2.45. The molecule has 4 rings (SSSR count). The number of ether oxygens (including phenoxy) is 2. The van der Waals surface area contributed by atoms with Crippen LogP contribution in [0.2, 0.25) is 0 Å². The lowest BCUT2D eigenvalue weighted by Crippen LogP contribution is -2.63. The number of fused-ring (bicyclic) bond motifs is 2. The smallest absolute Gasteiger partial charge is 0.410 e. The Morgan fingerprint density at radius 3 is 2.97 bits per heavy atom. The molecule has 0 aliphatic carbocycles. The Morgan fingerprint density at radius 2 is 2.17 bits per heavy atom. The van der Waals surface area contributed by atoms with E-state index in [-0.39, 0.29) is 18.0 Å². The van der Waals surface area contributed by atoms with Gasteiger partial charge in [0, 0.05) is 25.8 Å². The third-order valence-corrected chi connectivity index (χ3v) is 5.48. The zero-order valence-corrected chi connectivity index (χ0v) is 17.8. The standard InChI is InChI=1S/C21H29N5O4/c1-21(2,3)30-20(28)24-10-11-25-16(12-24)13-29-17(19(25)27)8-4-6-15-7-5-9-26-18(15)22-14-23-26/h5,7,9,14,16-17H,4,6,8,10-13H2,1-3H3. The number of carbonyl (C=O) groups is 2. The summed E-state index contributed by atoms with van der Waals surface area (Å²) >= 11 is 0. The first kappa shape index (κ1) is 20.6. The Kier molecular flexibility index (Phi) is 5.64. The van der Waals surface area contributed by atoms with Crippen LogP contribution in [0.25, 0.3) is 5.65 Å². The SMILES string of the molecule is CC(C)(C)OC(=O)N1CCN2C(=O)C(CCCc3cccn4ncnc34)OCC2C1. The molecule has 30 heavy (non-hydrogen) atoms. The van der Waals surface area contributed by atoms with Gasteiger partial charge in [-0.3, -0.25) is 4.79 Å². The van der Waals surface area contributed by atoms with E-state index in [4.69, 9.17) is 9.47 Å². The summed E-state index contributed by atoms with van der Waals surface area (Å²) in [5.41, 5.74) is 1.43. The van der Waals surface area contributed by atoms with Gasteiger partial charge in [-0.25, -0.2) is 14.3 Å². The molecule has 0 spiro atoms. The summed E-state index contributed by atoms with van der Waals surface area (Å²) in [6.07, 6.45) is 4.96. The van der Waals surface area contributed by atoms with Crippen molar-refractivity contribution in [3.05, 3.63) is 30.2 Å². The zero-order chi connectivity index (χ0) is 21.3. The molecule has 0 saturated carbocycles. The number of carbonyl (C=O) groups excluding carboxylic acids is 2. The predicted octanol–water partition coefficient (Wildman–Crippen LogP) is 1.90. The summed E-state index contributed by atoms with van der Waals surface area (Å²) in [6.45, 7) is 7.44. The van der Waals surface area contributed by atoms with Gasteiger partial charge in [0.2, 0.25) is 0 Å². The normalized spacial score (nSPS) is 22.3. The topological polar surface area (TPSA) is 89.3 Å². The Hall–Kier alpha value is -2.68. The average Bonchev–Trinajstić information content (AvgIpc) is 3.18. The van der Waals surface area contributed by atoms with Crippen molar-refractivity contribution < 1.29 is 19.1 Å². The maximum atomic E-state index is 12.9. The molecule has 2 saturated heterocycles. The summed E-state index contributed by atoms with van der Waals surface area (Å²) in [7, 11) is 0. The number of aromatic nitrogens is 3. The van der Waals surface area contributed by atoms with E-state index in [1.165, 1.54) is 0 Å². The van der Waals surface area contributed by atoms with E-state index < -0.39 is 11.7 Å². The summed E-state index contributed by atoms with van der Waals surface area (Å²) in [4.78, 5) is 33.1. The van der Waals surface area contributed by atoms with Crippen molar-refractivity contribution in [2.45, 2.75) is 57.8 Å². The van der Waals surface area contributed by atoms with Gasteiger partial charge in [-0.05, 0) is 51.7 Å². The number of amides is 2. The molecule has 162 valence electrons. The molecular formula is C21H29N5O4. The number of hydrogen-bond acceptors (Lipinski definition) is 6. The quantitative estimate of drug-likeness (QED) is 0.758. The molecule has 0 N–H and O–H groups in total. The number of rotatable bonds is 4. The highest BCUT2D eigenvalue weighted by molar-refractivity contribution is 5.82. The fraction of sp³-hybridized carbons (Fsp3) is 0.619. The highest BCUT2D eigenvalue weighted by Crippen LogP contribution is 2.23.